The van der Waals surface area contributed by atoms with Gasteiger partial charge in [0, 0.05) is 18.2 Å². The first-order chi connectivity index (χ1) is 12.4. The van der Waals surface area contributed by atoms with Gasteiger partial charge in [0.05, 0.1) is 5.02 Å². The Hall–Kier alpha value is -3.06. The van der Waals surface area contributed by atoms with Gasteiger partial charge in [-0.15, -0.1) is 0 Å². The summed E-state index contributed by atoms with van der Waals surface area (Å²) in [5.41, 5.74) is 5.48. The molecule has 0 spiro atoms. The number of hydrazine groups is 1. The number of rotatable bonds is 5. The van der Waals surface area contributed by atoms with E-state index in [0.29, 0.717) is 22.0 Å². The number of ether oxygens (including phenoxy) is 1. The van der Waals surface area contributed by atoms with Crippen molar-refractivity contribution in [3.05, 3.63) is 59.1 Å². The zero-order valence-electron chi connectivity index (χ0n) is 14.2. The van der Waals surface area contributed by atoms with Gasteiger partial charge in [-0.3, -0.25) is 25.2 Å². The Labute approximate surface area is 155 Å². The number of para-hydroxylation sites is 1. The smallest absolute Gasteiger partial charge is 0.279 e. The van der Waals surface area contributed by atoms with E-state index < -0.39 is 17.9 Å². The minimum Gasteiger partial charge on any atom is -0.479 e. The maximum atomic E-state index is 12.0. The molecule has 7 nitrogen and oxygen atoms in total. The van der Waals surface area contributed by atoms with Gasteiger partial charge in [0.15, 0.2) is 6.10 Å². The van der Waals surface area contributed by atoms with Crippen LogP contribution in [0.3, 0.4) is 0 Å². The van der Waals surface area contributed by atoms with Gasteiger partial charge in [-0.2, -0.15) is 0 Å². The fourth-order valence-corrected chi connectivity index (χ4v) is 2.16. The lowest BCUT2D eigenvalue weighted by atomic mass is 10.2. The predicted octanol–water partition coefficient (Wildman–Crippen LogP) is 2.53. The first-order valence-electron chi connectivity index (χ1n) is 7.76. The summed E-state index contributed by atoms with van der Waals surface area (Å²) in [6, 6.07) is 13.0. The van der Waals surface area contributed by atoms with Crippen molar-refractivity contribution in [2.75, 3.05) is 5.32 Å². The lowest BCUT2D eigenvalue weighted by Crippen LogP contribution is -2.47. The molecule has 26 heavy (non-hydrogen) atoms. The minimum atomic E-state index is -0.864. The van der Waals surface area contributed by atoms with Gasteiger partial charge >= 0.3 is 0 Å². The monoisotopic (exact) mass is 375 g/mol. The Morgan fingerprint density at radius 3 is 2.27 bits per heavy atom. The summed E-state index contributed by atoms with van der Waals surface area (Å²) in [5, 5.41) is 2.98. The van der Waals surface area contributed by atoms with Crippen molar-refractivity contribution in [1.29, 1.82) is 0 Å². The fraction of sp³-hybridized carbons (Fsp3) is 0.167. The minimum absolute atomic E-state index is 0.207. The van der Waals surface area contributed by atoms with E-state index in [1.165, 1.54) is 26.0 Å². The van der Waals surface area contributed by atoms with Crippen LogP contribution in [0.5, 0.6) is 5.75 Å². The van der Waals surface area contributed by atoms with Crippen LogP contribution < -0.4 is 20.9 Å². The van der Waals surface area contributed by atoms with Crippen LogP contribution >= 0.6 is 11.6 Å². The number of anilines is 1. The Bertz CT molecular complexity index is 808. The molecule has 136 valence electrons. The van der Waals surface area contributed by atoms with Crippen molar-refractivity contribution >= 4 is 35.0 Å². The van der Waals surface area contributed by atoms with Crippen molar-refractivity contribution in [1.82, 2.24) is 10.9 Å². The SMILES string of the molecule is CC(=O)Nc1ccc(C(=O)NNC(=O)C(C)Oc2ccccc2Cl)cc1. The third-order valence-corrected chi connectivity index (χ3v) is 3.59. The first-order valence-corrected chi connectivity index (χ1v) is 8.13. The topological polar surface area (TPSA) is 96.5 Å². The normalized spacial score (nSPS) is 11.2. The highest BCUT2D eigenvalue weighted by Crippen LogP contribution is 2.24. The van der Waals surface area contributed by atoms with Gasteiger partial charge < -0.3 is 10.1 Å². The van der Waals surface area contributed by atoms with Crippen LogP contribution in [0.1, 0.15) is 24.2 Å². The van der Waals surface area contributed by atoms with Gasteiger partial charge in [-0.25, -0.2) is 0 Å². The van der Waals surface area contributed by atoms with E-state index in [-0.39, 0.29) is 5.91 Å². The number of halogens is 1. The van der Waals surface area contributed by atoms with Crippen molar-refractivity contribution in [2.24, 2.45) is 0 Å². The van der Waals surface area contributed by atoms with Crippen LogP contribution in [0.2, 0.25) is 5.02 Å². The van der Waals surface area contributed by atoms with E-state index in [1.54, 1.807) is 36.4 Å². The van der Waals surface area contributed by atoms with Crippen molar-refractivity contribution in [3.63, 3.8) is 0 Å². The van der Waals surface area contributed by atoms with E-state index in [4.69, 9.17) is 16.3 Å². The maximum Gasteiger partial charge on any atom is 0.279 e. The van der Waals surface area contributed by atoms with Crippen molar-refractivity contribution < 1.29 is 19.1 Å². The molecule has 0 radical (unpaired) electrons. The summed E-state index contributed by atoms with van der Waals surface area (Å²) >= 11 is 5.97. The molecule has 8 heteroatoms. The molecule has 1 atom stereocenters. The average molecular weight is 376 g/mol. The summed E-state index contributed by atoms with van der Waals surface area (Å²) < 4.78 is 5.46. The standard InChI is InChI=1S/C18H18ClN3O4/c1-11(26-16-6-4-3-5-15(16)19)17(24)21-22-18(25)13-7-9-14(10-8-13)20-12(2)23/h3-11H,1-2H3,(H,20,23)(H,21,24)(H,22,25). The quantitative estimate of drug-likeness (QED) is 0.699. The van der Waals surface area contributed by atoms with Gasteiger partial charge in [-0.05, 0) is 43.3 Å². The van der Waals surface area contributed by atoms with Crippen LogP contribution in [-0.2, 0) is 9.59 Å². The van der Waals surface area contributed by atoms with Crippen LogP contribution in [0.25, 0.3) is 0 Å². The van der Waals surface area contributed by atoms with Gasteiger partial charge in [0.2, 0.25) is 5.91 Å². The first kappa shape index (κ1) is 19.3. The molecular weight excluding hydrogens is 358 g/mol. The average Bonchev–Trinajstić information content (AvgIpc) is 2.61. The molecule has 2 rings (SSSR count). The highest BCUT2D eigenvalue weighted by molar-refractivity contribution is 6.32. The molecule has 0 aliphatic heterocycles. The second-order valence-electron chi connectivity index (χ2n) is 5.39. The predicted molar refractivity (Wildman–Crippen MR) is 97.9 cm³/mol. The Morgan fingerprint density at radius 2 is 1.65 bits per heavy atom. The van der Waals surface area contributed by atoms with E-state index in [9.17, 15) is 14.4 Å². The second kappa shape index (κ2) is 8.87. The number of carbonyl (C=O) groups is 3. The lowest BCUT2D eigenvalue weighted by molar-refractivity contribution is -0.128. The summed E-state index contributed by atoms with van der Waals surface area (Å²) in [5.74, 6) is -0.871. The third-order valence-electron chi connectivity index (χ3n) is 3.28. The molecule has 0 aliphatic rings. The molecule has 0 saturated carbocycles. The Morgan fingerprint density at radius 1 is 1.00 bits per heavy atom. The number of amides is 3. The van der Waals surface area contributed by atoms with E-state index in [1.807, 2.05) is 0 Å². The highest BCUT2D eigenvalue weighted by atomic mass is 35.5. The van der Waals surface area contributed by atoms with Gasteiger partial charge in [-0.1, -0.05) is 23.7 Å². The molecule has 0 bridgehead atoms. The van der Waals surface area contributed by atoms with Crippen LogP contribution in [0, 0.1) is 0 Å². The third kappa shape index (κ3) is 5.49. The van der Waals surface area contributed by atoms with E-state index in [0.717, 1.165) is 0 Å². The number of hydrogen-bond acceptors (Lipinski definition) is 4. The number of hydrogen-bond donors (Lipinski definition) is 3. The molecule has 3 N–H and O–H groups in total. The molecule has 3 amide bonds. The van der Waals surface area contributed by atoms with Crippen LogP contribution in [0.15, 0.2) is 48.5 Å². The molecule has 1 unspecified atom stereocenters. The summed E-state index contributed by atoms with van der Waals surface area (Å²) in [7, 11) is 0. The Kier molecular flexibility index (Phi) is 6.57. The molecular formula is C18H18ClN3O4. The zero-order valence-corrected chi connectivity index (χ0v) is 15.0. The molecule has 2 aromatic rings. The molecule has 0 fully saturated rings. The molecule has 0 aliphatic carbocycles. The summed E-state index contributed by atoms with van der Waals surface area (Å²) in [6.45, 7) is 2.93. The number of nitrogens with one attached hydrogen (secondary N) is 3. The fourth-order valence-electron chi connectivity index (χ4n) is 1.98. The summed E-state index contributed by atoms with van der Waals surface area (Å²) in [6.07, 6.45) is -0.864. The van der Waals surface area contributed by atoms with Gasteiger partial charge in [0.25, 0.3) is 11.8 Å². The molecule has 2 aromatic carbocycles. The second-order valence-corrected chi connectivity index (χ2v) is 5.80. The molecule has 0 heterocycles. The van der Waals surface area contributed by atoms with E-state index >= 15 is 0 Å². The largest absolute Gasteiger partial charge is 0.479 e. The van der Waals surface area contributed by atoms with Crippen LogP contribution in [0.4, 0.5) is 5.69 Å². The number of benzene rings is 2. The molecule has 0 saturated heterocycles. The van der Waals surface area contributed by atoms with Crippen LogP contribution in [-0.4, -0.2) is 23.8 Å². The zero-order chi connectivity index (χ0) is 19.1. The highest BCUT2D eigenvalue weighted by Gasteiger charge is 2.17. The summed E-state index contributed by atoms with van der Waals surface area (Å²) in [4.78, 5) is 35.0. The lowest BCUT2D eigenvalue weighted by Gasteiger charge is -2.16. The molecule has 0 aromatic heterocycles. The van der Waals surface area contributed by atoms with E-state index in [2.05, 4.69) is 16.2 Å². The maximum absolute atomic E-state index is 12.0. The number of carbonyl (C=O) groups excluding carboxylic acids is 3. The van der Waals surface area contributed by atoms with Gasteiger partial charge in [0.1, 0.15) is 5.75 Å². The van der Waals surface area contributed by atoms with Crippen molar-refractivity contribution in [3.8, 4) is 5.75 Å². The van der Waals surface area contributed by atoms with Crippen molar-refractivity contribution in [2.45, 2.75) is 20.0 Å². The Balaban J connectivity index is 1.87.